The Balaban J connectivity index is 1.47. The van der Waals surface area contributed by atoms with Crippen LogP contribution in [0.2, 0.25) is 0 Å². The molecule has 32 heavy (non-hydrogen) atoms. The predicted octanol–water partition coefficient (Wildman–Crippen LogP) is 5.51. The van der Waals surface area contributed by atoms with Gasteiger partial charge < -0.3 is 9.15 Å². The van der Waals surface area contributed by atoms with E-state index in [1.54, 1.807) is 17.2 Å². The number of furan rings is 1. The Morgan fingerprint density at radius 2 is 2.00 bits per heavy atom. The van der Waals surface area contributed by atoms with Gasteiger partial charge >= 0.3 is 0 Å². The molecule has 7 heteroatoms. The first-order chi connectivity index (χ1) is 15.5. The Bertz CT molecular complexity index is 1260. The number of nitrogens with zero attached hydrogens (tertiary/aromatic N) is 2. The molecule has 0 spiro atoms. The van der Waals surface area contributed by atoms with Gasteiger partial charge in [-0.05, 0) is 55.0 Å². The molecule has 0 N–H and O–H groups in total. The van der Waals surface area contributed by atoms with E-state index in [0.29, 0.717) is 22.4 Å². The number of anilines is 1. The van der Waals surface area contributed by atoms with Crippen LogP contribution in [-0.4, -0.2) is 22.8 Å². The summed E-state index contributed by atoms with van der Waals surface area (Å²) in [5.74, 6) is 0.672. The molecule has 4 heterocycles. The molecule has 3 aromatic rings. The Labute approximate surface area is 189 Å². The largest absolute Gasteiger partial charge is 0.483 e. The van der Waals surface area contributed by atoms with Gasteiger partial charge in [0, 0.05) is 0 Å². The molecule has 6 rings (SSSR count). The fraction of sp³-hybridized carbons (Fsp3) is 0.400. The van der Waals surface area contributed by atoms with Crippen molar-refractivity contribution in [1.29, 1.82) is 0 Å². The van der Waals surface area contributed by atoms with Crippen LogP contribution in [0.1, 0.15) is 62.8 Å². The number of aromatic nitrogens is 1. The zero-order valence-electron chi connectivity index (χ0n) is 18.0. The molecule has 164 valence electrons. The van der Waals surface area contributed by atoms with Crippen LogP contribution >= 0.6 is 11.3 Å². The molecule has 1 aliphatic carbocycles. The number of Topliss-reactive ketones (excluding diaryl/α,β-unsaturated/α-hetero) is 1. The maximum atomic E-state index is 13.6. The van der Waals surface area contributed by atoms with Crippen LogP contribution in [0.3, 0.4) is 0 Å². The predicted molar refractivity (Wildman–Crippen MR) is 122 cm³/mol. The lowest BCUT2D eigenvalue weighted by Crippen LogP contribution is -2.39. The Morgan fingerprint density at radius 3 is 2.78 bits per heavy atom. The van der Waals surface area contributed by atoms with Crippen LogP contribution in [0.5, 0.6) is 0 Å². The first-order valence-electron chi connectivity index (χ1n) is 11.3. The number of benzene rings is 1. The second-order valence-electron chi connectivity index (χ2n) is 9.13. The van der Waals surface area contributed by atoms with Crippen molar-refractivity contribution in [2.75, 3.05) is 4.90 Å². The van der Waals surface area contributed by atoms with E-state index in [9.17, 15) is 9.59 Å². The third kappa shape index (κ3) is 2.87. The summed E-state index contributed by atoms with van der Waals surface area (Å²) in [4.78, 5) is 33.6. The van der Waals surface area contributed by atoms with Crippen molar-refractivity contribution in [3.8, 4) is 0 Å². The van der Waals surface area contributed by atoms with E-state index < -0.39 is 6.04 Å². The fourth-order valence-corrected chi connectivity index (χ4v) is 6.19. The van der Waals surface area contributed by atoms with Crippen LogP contribution < -0.4 is 4.90 Å². The van der Waals surface area contributed by atoms with E-state index in [1.807, 2.05) is 12.1 Å². The van der Waals surface area contributed by atoms with E-state index in [-0.39, 0.29) is 29.5 Å². The monoisotopic (exact) mass is 448 g/mol. The van der Waals surface area contributed by atoms with Gasteiger partial charge in [0.25, 0.3) is 5.91 Å². The number of amides is 1. The average Bonchev–Trinajstić information content (AvgIpc) is 3.51. The second kappa shape index (κ2) is 7.30. The minimum absolute atomic E-state index is 0.0244. The lowest BCUT2D eigenvalue weighted by molar-refractivity contribution is -0.131. The van der Waals surface area contributed by atoms with Gasteiger partial charge in [-0.3, -0.25) is 14.5 Å². The van der Waals surface area contributed by atoms with Gasteiger partial charge in [-0.1, -0.05) is 37.7 Å². The van der Waals surface area contributed by atoms with Crippen LogP contribution in [0, 0.1) is 5.92 Å². The number of carbonyl (C=O) groups excluding carboxylic acids is 2. The summed E-state index contributed by atoms with van der Waals surface area (Å²) in [6.07, 6.45) is 5.01. The third-order valence-corrected chi connectivity index (χ3v) is 7.87. The average molecular weight is 449 g/mol. The first kappa shape index (κ1) is 19.7. The quantitative estimate of drug-likeness (QED) is 0.528. The van der Waals surface area contributed by atoms with Crippen LogP contribution in [0.25, 0.3) is 10.2 Å². The Hall–Kier alpha value is -2.93. The van der Waals surface area contributed by atoms with E-state index >= 15 is 0 Å². The molecular formula is C25H24N2O4S. The molecule has 1 fully saturated rings. The van der Waals surface area contributed by atoms with E-state index in [4.69, 9.17) is 14.1 Å². The molecule has 3 aliphatic rings. The lowest BCUT2D eigenvalue weighted by atomic mass is 9.78. The normalized spacial score (nSPS) is 25.5. The summed E-state index contributed by atoms with van der Waals surface area (Å²) in [5, 5.41) is 0.557. The number of fused-ring (bicyclic) bond motifs is 2. The van der Waals surface area contributed by atoms with Gasteiger partial charge in [-0.15, -0.1) is 0 Å². The number of hydrogen-bond acceptors (Lipinski definition) is 6. The van der Waals surface area contributed by atoms with Crippen LogP contribution in [-0.2, 0) is 14.3 Å². The summed E-state index contributed by atoms with van der Waals surface area (Å²) >= 11 is 1.46. The van der Waals surface area contributed by atoms with Gasteiger partial charge in [-0.25, -0.2) is 4.98 Å². The molecule has 2 aromatic heterocycles. The van der Waals surface area contributed by atoms with Gasteiger partial charge in [0.05, 0.1) is 28.0 Å². The van der Waals surface area contributed by atoms with Gasteiger partial charge in [0.1, 0.15) is 17.9 Å². The molecule has 0 bridgehead atoms. The molecule has 0 radical (unpaired) electrons. The zero-order chi connectivity index (χ0) is 22.0. The summed E-state index contributed by atoms with van der Waals surface area (Å²) in [7, 11) is 0. The number of ketones is 1. The van der Waals surface area contributed by atoms with E-state index in [0.717, 1.165) is 35.9 Å². The highest BCUT2D eigenvalue weighted by Crippen LogP contribution is 2.49. The zero-order valence-corrected chi connectivity index (χ0v) is 18.9. The molecule has 0 saturated heterocycles. The fourth-order valence-electron chi connectivity index (χ4n) is 5.15. The Kier molecular flexibility index (Phi) is 4.50. The number of thiazole rings is 1. The number of ether oxygens (including phenoxy) is 1. The maximum Gasteiger partial charge on any atom is 0.296 e. The van der Waals surface area contributed by atoms with Crippen molar-refractivity contribution < 1.29 is 18.7 Å². The van der Waals surface area contributed by atoms with Gasteiger partial charge in [-0.2, -0.15) is 0 Å². The smallest absolute Gasteiger partial charge is 0.296 e. The molecule has 3 atom stereocenters. The molecular weight excluding hydrogens is 424 g/mol. The highest BCUT2D eigenvalue weighted by molar-refractivity contribution is 7.22. The Morgan fingerprint density at radius 1 is 1.16 bits per heavy atom. The molecule has 1 saturated carbocycles. The first-order valence-corrected chi connectivity index (χ1v) is 12.1. The summed E-state index contributed by atoms with van der Waals surface area (Å²) in [6.45, 7) is 4.31. The van der Waals surface area contributed by atoms with Crippen molar-refractivity contribution in [3.05, 3.63) is 59.3 Å². The van der Waals surface area contributed by atoms with Gasteiger partial charge in [0.15, 0.2) is 16.7 Å². The van der Waals surface area contributed by atoms with Gasteiger partial charge in [0.2, 0.25) is 0 Å². The van der Waals surface area contributed by atoms with Crippen molar-refractivity contribution in [2.24, 2.45) is 5.92 Å². The number of rotatable bonds is 3. The number of carbonyl (C=O) groups is 2. The minimum atomic E-state index is -0.645. The summed E-state index contributed by atoms with van der Waals surface area (Å²) in [6, 6.07) is 9.15. The lowest BCUT2D eigenvalue weighted by Gasteiger charge is -2.35. The highest BCUT2D eigenvalue weighted by Gasteiger charge is 2.54. The van der Waals surface area contributed by atoms with E-state index in [2.05, 4.69) is 26.0 Å². The van der Waals surface area contributed by atoms with E-state index in [1.165, 1.54) is 16.9 Å². The van der Waals surface area contributed by atoms with Crippen LogP contribution in [0.15, 0.2) is 52.3 Å². The minimum Gasteiger partial charge on any atom is -0.483 e. The molecule has 2 aliphatic heterocycles. The van der Waals surface area contributed by atoms with Crippen molar-refractivity contribution in [2.45, 2.75) is 57.6 Å². The SMILES string of the molecule is CC(C)c1ccc2nc(N3C(=O)C4=C(C(=O)C5CCCCC5O4)C3c3ccco3)sc2c1. The highest BCUT2D eigenvalue weighted by atomic mass is 32.1. The molecule has 1 aromatic carbocycles. The topological polar surface area (TPSA) is 72.6 Å². The molecule has 1 amide bonds. The molecule has 3 unspecified atom stereocenters. The maximum absolute atomic E-state index is 13.6. The summed E-state index contributed by atoms with van der Waals surface area (Å²) in [5.41, 5.74) is 2.49. The van der Waals surface area contributed by atoms with Crippen molar-refractivity contribution in [1.82, 2.24) is 4.98 Å². The van der Waals surface area contributed by atoms with Crippen molar-refractivity contribution in [3.63, 3.8) is 0 Å². The third-order valence-electron chi connectivity index (χ3n) is 6.85. The standard InChI is InChI=1S/C25H24N2O4S/c1-13(2)14-9-10-16-19(12-14)32-25(26-16)27-21(18-8-5-11-30-18)20-22(28)15-6-3-4-7-17(15)31-23(20)24(27)29/h5,8-13,15,17,21H,3-4,6-7H2,1-2H3. The number of hydrogen-bond donors (Lipinski definition) is 0. The van der Waals surface area contributed by atoms with Crippen molar-refractivity contribution >= 4 is 38.4 Å². The molecule has 6 nitrogen and oxygen atoms in total. The van der Waals surface area contributed by atoms with Crippen LogP contribution in [0.4, 0.5) is 5.13 Å². The summed E-state index contributed by atoms with van der Waals surface area (Å²) < 4.78 is 12.9. The second-order valence-corrected chi connectivity index (χ2v) is 10.1.